The fraction of sp³-hybridized carbons (Fsp3) is 0.182. The Morgan fingerprint density at radius 1 is 1.28 bits per heavy atom. The average Bonchev–Trinajstić information content (AvgIpc) is 2.79. The summed E-state index contributed by atoms with van der Waals surface area (Å²) in [7, 11) is -3.63. The summed E-state index contributed by atoms with van der Waals surface area (Å²) >= 11 is 0. The number of nitrogens with one attached hydrogen (secondary N) is 2. The zero-order valence-corrected chi connectivity index (χ0v) is 10.9. The molecule has 0 aliphatic carbocycles. The fourth-order valence-corrected chi connectivity index (χ4v) is 2.57. The van der Waals surface area contributed by atoms with Crippen molar-refractivity contribution >= 4 is 21.4 Å². The summed E-state index contributed by atoms with van der Waals surface area (Å²) in [5.74, 6) is 0. The number of rotatable bonds is 3. The molecule has 0 atom stereocenters. The molecule has 0 bridgehead atoms. The largest absolute Gasteiger partial charge is 0.399 e. The van der Waals surface area contributed by atoms with E-state index in [2.05, 4.69) is 14.7 Å². The molecule has 0 aliphatic heterocycles. The molecule has 0 spiro atoms. The summed E-state index contributed by atoms with van der Waals surface area (Å²) in [6.07, 6.45) is 2.57. The van der Waals surface area contributed by atoms with E-state index in [0.29, 0.717) is 11.4 Å². The van der Waals surface area contributed by atoms with Crippen LogP contribution in [0.15, 0.2) is 29.7 Å². The second-order valence-corrected chi connectivity index (χ2v) is 5.70. The number of hydrogen-bond donors (Lipinski definition) is 3. The molecule has 2 rings (SSSR count). The summed E-state index contributed by atoms with van der Waals surface area (Å²) in [6.45, 7) is 3.61. The van der Waals surface area contributed by atoms with Crippen LogP contribution in [0.3, 0.4) is 0 Å². The molecule has 0 amide bonds. The minimum atomic E-state index is -3.63. The standard InChI is InChI=1S/C11H14N4O2S/c1-7-4-10(8(2)3-9(7)12)15-18(16,17)11-5-13-6-14-11/h3-6,15H,12H2,1-2H3,(H,13,14). The molecule has 1 aromatic heterocycles. The monoisotopic (exact) mass is 266 g/mol. The first kappa shape index (κ1) is 12.4. The third kappa shape index (κ3) is 2.30. The van der Waals surface area contributed by atoms with E-state index in [1.807, 2.05) is 6.92 Å². The van der Waals surface area contributed by atoms with Crippen molar-refractivity contribution in [2.24, 2.45) is 0 Å². The van der Waals surface area contributed by atoms with E-state index in [-0.39, 0.29) is 5.03 Å². The van der Waals surface area contributed by atoms with Crippen molar-refractivity contribution < 1.29 is 8.42 Å². The number of aromatic amines is 1. The van der Waals surface area contributed by atoms with Gasteiger partial charge in [0.1, 0.15) is 0 Å². The maximum atomic E-state index is 12.0. The second-order valence-electron chi connectivity index (χ2n) is 4.05. The fourth-order valence-electron chi connectivity index (χ4n) is 1.54. The number of nitrogen functional groups attached to an aromatic ring is 1. The van der Waals surface area contributed by atoms with Gasteiger partial charge in [-0.15, -0.1) is 0 Å². The molecule has 0 saturated heterocycles. The van der Waals surface area contributed by atoms with Crippen LogP contribution in [0.1, 0.15) is 11.1 Å². The predicted molar refractivity (Wildman–Crippen MR) is 69.7 cm³/mol. The zero-order chi connectivity index (χ0) is 13.3. The first-order valence-corrected chi connectivity index (χ1v) is 6.76. The van der Waals surface area contributed by atoms with Crippen LogP contribution in [-0.2, 0) is 10.0 Å². The third-order valence-corrected chi connectivity index (χ3v) is 3.91. The van der Waals surface area contributed by atoms with E-state index < -0.39 is 10.0 Å². The molecule has 4 N–H and O–H groups in total. The number of nitrogens with two attached hydrogens (primary N) is 1. The van der Waals surface area contributed by atoms with E-state index in [9.17, 15) is 8.42 Å². The van der Waals surface area contributed by atoms with Crippen LogP contribution in [0.5, 0.6) is 0 Å². The minimum Gasteiger partial charge on any atom is -0.399 e. The van der Waals surface area contributed by atoms with Gasteiger partial charge in [0.05, 0.1) is 18.2 Å². The van der Waals surface area contributed by atoms with Gasteiger partial charge in [0, 0.05) is 5.69 Å². The third-order valence-electron chi connectivity index (χ3n) is 2.62. The number of hydrogen-bond acceptors (Lipinski definition) is 4. The Morgan fingerprint density at radius 3 is 2.61 bits per heavy atom. The molecule has 0 radical (unpaired) electrons. The maximum Gasteiger partial charge on any atom is 0.278 e. The van der Waals surface area contributed by atoms with Gasteiger partial charge in [0.25, 0.3) is 10.0 Å². The normalized spacial score (nSPS) is 11.4. The molecule has 0 unspecified atom stereocenters. The molecule has 96 valence electrons. The molecule has 0 saturated carbocycles. The lowest BCUT2D eigenvalue weighted by Gasteiger charge is -2.11. The van der Waals surface area contributed by atoms with Gasteiger partial charge in [-0.05, 0) is 37.1 Å². The molecule has 2 aromatic rings. The van der Waals surface area contributed by atoms with Crippen LogP contribution in [0, 0.1) is 13.8 Å². The van der Waals surface area contributed by atoms with E-state index in [0.717, 1.165) is 11.1 Å². The Hall–Kier alpha value is -2.02. The molecule has 1 aromatic carbocycles. The molecule has 18 heavy (non-hydrogen) atoms. The SMILES string of the molecule is Cc1cc(NS(=O)(=O)c2cnc[nH]2)c(C)cc1N. The van der Waals surface area contributed by atoms with Gasteiger partial charge in [-0.1, -0.05) is 0 Å². The van der Waals surface area contributed by atoms with Crippen molar-refractivity contribution in [1.82, 2.24) is 9.97 Å². The number of aromatic nitrogens is 2. The van der Waals surface area contributed by atoms with Crippen LogP contribution >= 0.6 is 0 Å². The molecule has 0 aliphatic rings. The number of imidazole rings is 1. The van der Waals surface area contributed by atoms with Gasteiger partial charge >= 0.3 is 0 Å². The lowest BCUT2D eigenvalue weighted by atomic mass is 10.1. The number of nitrogens with zero attached hydrogens (tertiary/aromatic N) is 1. The summed E-state index contributed by atoms with van der Waals surface area (Å²) in [5.41, 5.74) is 8.49. The van der Waals surface area contributed by atoms with Crippen LogP contribution in [0.25, 0.3) is 0 Å². The molecule has 0 fully saturated rings. The Balaban J connectivity index is 2.39. The highest BCUT2D eigenvalue weighted by Crippen LogP contribution is 2.24. The first-order valence-electron chi connectivity index (χ1n) is 5.28. The highest BCUT2D eigenvalue weighted by Gasteiger charge is 2.16. The summed E-state index contributed by atoms with van der Waals surface area (Å²) in [6, 6.07) is 3.44. The minimum absolute atomic E-state index is 0.0244. The predicted octanol–water partition coefficient (Wildman–Crippen LogP) is 1.41. The molecule has 1 heterocycles. The second kappa shape index (κ2) is 4.34. The van der Waals surface area contributed by atoms with Crippen molar-refractivity contribution in [2.45, 2.75) is 18.9 Å². The van der Waals surface area contributed by atoms with Crippen LogP contribution in [0.4, 0.5) is 11.4 Å². The van der Waals surface area contributed by atoms with Crippen LogP contribution in [0.2, 0.25) is 0 Å². The van der Waals surface area contributed by atoms with Gasteiger partial charge < -0.3 is 10.7 Å². The highest BCUT2D eigenvalue weighted by atomic mass is 32.2. The smallest absolute Gasteiger partial charge is 0.278 e. The van der Waals surface area contributed by atoms with E-state index in [1.165, 1.54) is 12.5 Å². The summed E-state index contributed by atoms with van der Waals surface area (Å²) in [5, 5.41) is 0.0244. The van der Waals surface area contributed by atoms with Gasteiger partial charge in [0.15, 0.2) is 5.03 Å². The number of H-pyrrole nitrogens is 1. The van der Waals surface area contributed by atoms with Crippen LogP contribution < -0.4 is 10.5 Å². The molecule has 6 nitrogen and oxygen atoms in total. The van der Waals surface area contributed by atoms with Crippen LogP contribution in [-0.4, -0.2) is 18.4 Å². The summed E-state index contributed by atoms with van der Waals surface area (Å²) < 4.78 is 26.5. The van der Waals surface area contributed by atoms with E-state index in [1.54, 1.807) is 19.1 Å². The molecule has 7 heteroatoms. The Bertz CT molecular complexity index is 663. The van der Waals surface area contributed by atoms with Gasteiger partial charge in [-0.25, -0.2) is 4.98 Å². The lowest BCUT2D eigenvalue weighted by molar-refractivity contribution is 0.598. The number of anilines is 2. The Morgan fingerprint density at radius 2 is 2.00 bits per heavy atom. The van der Waals surface area contributed by atoms with E-state index >= 15 is 0 Å². The lowest BCUT2D eigenvalue weighted by Crippen LogP contribution is -2.14. The summed E-state index contributed by atoms with van der Waals surface area (Å²) in [4.78, 5) is 6.25. The Labute approximate surface area is 105 Å². The van der Waals surface area contributed by atoms with Crippen molar-refractivity contribution in [1.29, 1.82) is 0 Å². The van der Waals surface area contributed by atoms with Gasteiger partial charge in [-0.2, -0.15) is 8.42 Å². The number of sulfonamides is 1. The quantitative estimate of drug-likeness (QED) is 0.731. The molecular weight excluding hydrogens is 252 g/mol. The number of benzene rings is 1. The first-order chi connectivity index (χ1) is 8.40. The van der Waals surface area contributed by atoms with Crippen molar-refractivity contribution in [3.8, 4) is 0 Å². The zero-order valence-electron chi connectivity index (χ0n) is 10.1. The topological polar surface area (TPSA) is 101 Å². The van der Waals surface area contributed by atoms with E-state index in [4.69, 9.17) is 5.73 Å². The maximum absolute atomic E-state index is 12.0. The Kier molecular flexibility index (Phi) is 3.00. The number of aryl methyl sites for hydroxylation is 2. The molecular formula is C11H14N4O2S. The van der Waals surface area contributed by atoms with Gasteiger partial charge in [0.2, 0.25) is 0 Å². The van der Waals surface area contributed by atoms with Crippen molar-refractivity contribution in [3.63, 3.8) is 0 Å². The van der Waals surface area contributed by atoms with Crippen molar-refractivity contribution in [3.05, 3.63) is 35.8 Å². The average molecular weight is 266 g/mol. The van der Waals surface area contributed by atoms with Crippen molar-refractivity contribution in [2.75, 3.05) is 10.5 Å². The van der Waals surface area contributed by atoms with Gasteiger partial charge in [-0.3, -0.25) is 4.72 Å². The highest BCUT2D eigenvalue weighted by molar-refractivity contribution is 7.92.